The van der Waals surface area contributed by atoms with Gasteiger partial charge in [0.2, 0.25) is 5.91 Å². The van der Waals surface area contributed by atoms with Crippen molar-refractivity contribution in [1.82, 2.24) is 4.98 Å². The number of aromatic amines is 1. The number of hydrogen-bond donors (Lipinski definition) is 2. The smallest absolute Gasteiger partial charge is 0.221 e. The summed E-state index contributed by atoms with van der Waals surface area (Å²) >= 11 is 12.5. The zero-order valence-electron chi connectivity index (χ0n) is 7.76. The molecule has 6 heteroatoms. The first-order valence-corrected chi connectivity index (χ1v) is 5.76. The van der Waals surface area contributed by atoms with Gasteiger partial charge in [-0.3, -0.25) is 4.79 Å². The highest BCUT2D eigenvalue weighted by molar-refractivity contribution is 7.73. The highest BCUT2D eigenvalue weighted by Gasteiger charge is 2.06. The van der Waals surface area contributed by atoms with Gasteiger partial charge in [0.15, 0.2) is 3.95 Å². The van der Waals surface area contributed by atoms with Crippen molar-refractivity contribution < 1.29 is 4.79 Å². The van der Waals surface area contributed by atoms with Crippen LogP contribution in [-0.4, -0.2) is 10.9 Å². The molecule has 78 valence electrons. The number of fused-ring (bicyclic) bond motifs is 1. The summed E-state index contributed by atoms with van der Waals surface area (Å²) in [7, 11) is 0. The van der Waals surface area contributed by atoms with Gasteiger partial charge in [-0.1, -0.05) is 11.6 Å². The van der Waals surface area contributed by atoms with E-state index >= 15 is 0 Å². The summed E-state index contributed by atoms with van der Waals surface area (Å²) in [5, 5.41) is 3.16. The van der Waals surface area contributed by atoms with E-state index in [0.717, 1.165) is 10.2 Å². The number of benzene rings is 1. The Labute approximate surface area is 100 Å². The minimum absolute atomic E-state index is 0.143. The Kier molecular flexibility index (Phi) is 2.77. The van der Waals surface area contributed by atoms with Crippen molar-refractivity contribution in [2.24, 2.45) is 0 Å². The molecule has 0 unspecified atom stereocenters. The van der Waals surface area contributed by atoms with Gasteiger partial charge in [-0.2, -0.15) is 0 Å². The Morgan fingerprint density at radius 3 is 3.00 bits per heavy atom. The van der Waals surface area contributed by atoms with E-state index < -0.39 is 0 Å². The van der Waals surface area contributed by atoms with Crippen molar-refractivity contribution in [3.8, 4) is 0 Å². The van der Waals surface area contributed by atoms with Gasteiger partial charge in [-0.15, -0.1) is 11.3 Å². The number of nitrogens with one attached hydrogen (secondary N) is 2. The molecule has 15 heavy (non-hydrogen) atoms. The maximum atomic E-state index is 10.9. The van der Waals surface area contributed by atoms with Gasteiger partial charge >= 0.3 is 0 Å². The first-order chi connectivity index (χ1) is 7.06. The molecule has 1 aromatic carbocycles. The maximum absolute atomic E-state index is 10.9. The van der Waals surface area contributed by atoms with Crippen LogP contribution in [0.25, 0.3) is 10.2 Å². The minimum atomic E-state index is -0.143. The number of amides is 1. The van der Waals surface area contributed by atoms with Crippen LogP contribution in [0, 0.1) is 3.95 Å². The van der Waals surface area contributed by atoms with Gasteiger partial charge in [0.1, 0.15) is 0 Å². The molecule has 0 radical (unpaired) electrons. The molecule has 0 aliphatic carbocycles. The lowest BCUT2D eigenvalue weighted by Crippen LogP contribution is -2.05. The fourth-order valence-electron chi connectivity index (χ4n) is 1.26. The van der Waals surface area contributed by atoms with Crippen molar-refractivity contribution in [2.75, 3.05) is 5.32 Å². The van der Waals surface area contributed by atoms with Crippen LogP contribution in [-0.2, 0) is 4.79 Å². The van der Waals surface area contributed by atoms with E-state index in [2.05, 4.69) is 10.3 Å². The van der Waals surface area contributed by atoms with Gasteiger partial charge in [0.05, 0.1) is 20.9 Å². The van der Waals surface area contributed by atoms with Gasteiger partial charge < -0.3 is 10.3 Å². The first kappa shape index (κ1) is 10.6. The average Bonchev–Trinajstić information content (AvgIpc) is 2.44. The minimum Gasteiger partial charge on any atom is -0.337 e. The number of rotatable bonds is 1. The normalized spacial score (nSPS) is 10.5. The molecule has 1 aromatic heterocycles. The van der Waals surface area contributed by atoms with Gasteiger partial charge in [0, 0.05) is 6.92 Å². The Hall–Kier alpha value is -0.910. The van der Waals surface area contributed by atoms with Crippen LogP contribution in [0.1, 0.15) is 6.92 Å². The number of thiazole rings is 1. The van der Waals surface area contributed by atoms with Gasteiger partial charge in [-0.25, -0.2) is 0 Å². The Balaban J connectivity index is 2.60. The third-order valence-corrected chi connectivity index (χ3v) is 3.33. The predicted molar refractivity (Wildman–Crippen MR) is 66.3 cm³/mol. The second-order valence-electron chi connectivity index (χ2n) is 3.02. The van der Waals surface area contributed by atoms with E-state index in [1.807, 2.05) is 6.07 Å². The van der Waals surface area contributed by atoms with Crippen molar-refractivity contribution in [2.45, 2.75) is 6.92 Å². The van der Waals surface area contributed by atoms with E-state index in [1.165, 1.54) is 18.3 Å². The molecule has 2 rings (SSSR count). The molecule has 2 aromatic rings. The van der Waals surface area contributed by atoms with E-state index in [1.54, 1.807) is 6.07 Å². The third-order valence-electron chi connectivity index (χ3n) is 1.82. The molecular weight excluding hydrogens is 252 g/mol. The van der Waals surface area contributed by atoms with Gasteiger partial charge in [-0.05, 0) is 24.4 Å². The van der Waals surface area contributed by atoms with Crippen LogP contribution in [0.5, 0.6) is 0 Å². The number of halogens is 1. The average molecular weight is 259 g/mol. The SMILES string of the molecule is CC(=O)Nc1cc2sc(=S)[nH]c2cc1Cl. The molecular formula is C9H7ClN2OS2. The van der Waals surface area contributed by atoms with Crippen molar-refractivity contribution in [1.29, 1.82) is 0 Å². The molecule has 0 bridgehead atoms. The Morgan fingerprint density at radius 1 is 1.60 bits per heavy atom. The summed E-state index contributed by atoms with van der Waals surface area (Å²) in [6.07, 6.45) is 0. The molecule has 2 N–H and O–H groups in total. The van der Waals surface area contributed by atoms with E-state index in [4.69, 9.17) is 23.8 Å². The fourth-order valence-corrected chi connectivity index (χ4v) is 2.60. The molecule has 0 saturated carbocycles. The second kappa shape index (κ2) is 3.92. The summed E-state index contributed by atoms with van der Waals surface area (Å²) in [6, 6.07) is 3.57. The van der Waals surface area contributed by atoms with Crippen LogP contribution < -0.4 is 5.32 Å². The molecule has 0 atom stereocenters. The molecule has 0 aliphatic rings. The van der Waals surface area contributed by atoms with Crippen LogP contribution in [0.15, 0.2) is 12.1 Å². The number of H-pyrrole nitrogens is 1. The second-order valence-corrected chi connectivity index (χ2v) is 5.15. The lowest BCUT2D eigenvalue weighted by molar-refractivity contribution is -0.114. The summed E-state index contributed by atoms with van der Waals surface area (Å²) in [6.45, 7) is 1.44. The molecule has 0 aliphatic heterocycles. The molecule has 3 nitrogen and oxygen atoms in total. The van der Waals surface area contributed by atoms with E-state index in [0.29, 0.717) is 14.7 Å². The van der Waals surface area contributed by atoms with Gasteiger partial charge in [0.25, 0.3) is 0 Å². The maximum Gasteiger partial charge on any atom is 0.221 e. The zero-order chi connectivity index (χ0) is 11.0. The third kappa shape index (κ3) is 2.19. The number of anilines is 1. The summed E-state index contributed by atoms with van der Waals surface area (Å²) in [5.74, 6) is -0.143. The topological polar surface area (TPSA) is 44.9 Å². The molecule has 0 fully saturated rings. The number of hydrogen-bond acceptors (Lipinski definition) is 3. The van der Waals surface area contributed by atoms with Crippen LogP contribution in [0.4, 0.5) is 5.69 Å². The quantitative estimate of drug-likeness (QED) is 0.768. The summed E-state index contributed by atoms with van der Waals surface area (Å²) < 4.78 is 1.68. The molecule has 0 saturated heterocycles. The number of aromatic nitrogens is 1. The standard InChI is InChI=1S/C9H7ClN2OS2/c1-4(13)11-6-3-8-7(2-5(6)10)12-9(14)15-8/h2-3H,1H3,(H,11,13)(H,12,14). The monoisotopic (exact) mass is 258 g/mol. The summed E-state index contributed by atoms with van der Waals surface area (Å²) in [4.78, 5) is 13.9. The zero-order valence-corrected chi connectivity index (χ0v) is 10.1. The first-order valence-electron chi connectivity index (χ1n) is 4.16. The van der Waals surface area contributed by atoms with Crippen molar-refractivity contribution >= 4 is 57.0 Å². The molecule has 1 heterocycles. The highest BCUT2D eigenvalue weighted by Crippen LogP contribution is 2.30. The number of carbonyl (C=O) groups is 1. The lowest BCUT2D eigenvalue weighted by atomic mass is 10.3. The molecule has 1 amide bonds. The Bertz CT molecular complexity index is 587. The van der Waals surface area contributed by atoms with Crippen molar-refractivity contribution in [3.05, 3.63) is 21.1 Å². The van der Waals surface area contributed by atoms with Crippen LogP contribution in [0.2, 0.25) is 5.02 Å². The molecule has 0 spiro atoms. The van der Waals surface area contributed by atoms with E-state index in [9.17, 15) is 4.79 Å². The largest absolute Gasteiger partial charge is 0.337 e. The van der Waals surface area contributed by atoms with Crippen molar-refractivity contribution in [3.63, 3.8) is 0 Å². The predicted octanol–water partition coefficient (Wildman–Crippen LogP) is 3.57. The lowest BCUT2D eigenvalue weighted by Gasteiger charge is -2.04. The van der Waals surface area contributed by atoms with Crippen LogP contribution >= 0.6 is 35.2 Å². The fraction of sp³-hybridized carbons (Fsp3) is 0.111. The van der Waals surface area contributed by atoms with E-state index in [-0.39, 0.29) is 5.91 Å². The summed E-state index contributed by atoms with van der Waals surface area (Å²) in [5.41, 5.74) is 1.51. The Morgan fingerprint density at radius 2 is 2.33 bits per heavy atom. The van der Waals surface area contributed by atoms with Crippen LogP contribution in [0.3, 0.4) is 0 Å². The highest BCUT2D eigenvalue weighted by atomic mass is 35.5. The number of carbonyl (C=O) groups excluding carboxylic acids is 1.